The summed E-state index contributed by atoms with van der Waals surface area (Å²) in [7, 11) is 1.90. The molecule has 1 aliphatic heterocycles. The number of carbonyl (C=O) groups excluding carboxylic acids is 2. The summed E-state index contributed by atoms with van der Waals surface area (Å²) in [6.07, 6.45) is 4.27. The van der Waals surface area contributed by atoms with Gasteiger partial charge in [-0.2, -0.15) is 0 Å². The lowest BCUT2D eigenvalue weighted by atomic mass is 10.0. The fraction of sp³-hybridized carbons (Fsp3) is 0.219. The molecule has 1 fully saturated rings. The Labute approximate surface area is 240 Å². The molecule has 1 saturated heterocycles. The summed E-state index contributed by atoms with van der Waals surface area (Å²) in [6, 6.07) is 19.7. The second-order valence-corrected chi connectivity index (χ2v) is 11.2. The molecule has 0 radical (unpaired) electrons. The maximum atomic E-state index is 14.9. The Bertz CT molecular complexity index is 1760. The smallest absolute Gasteiger partial charge is 0.274 e. The zero-order valence-corrected chi connectivity index (χ0v) is 23.3. The van der Waals surface area contributed by atoms with Gasteiger partial charge in [0, 0.05) is 54.4 Å². The van der Waals surface area contributed by atoms with E-state index in [4.69, 9.17) is 0 Å². The number of hydrogen-bond donors (Lipinski definition) is 1. The summed E-state index contributed by atoms with van der Waals surface area (Å²) in [5.74, 6) is -1.41. The molecule has 41 heavy (non-hydrogen) atoms. The molecule has 6 rings (SSSR count). The summed E-state index contributed by atoms with van der Waals surface area (Å²) >= 11 is 1.16. The van der Waals surface area contributed by atoms with Crippen LogP contribution < -0.4 is 5.32 Å². The highest BCUT2D eigenvalue weighted by molar-refractivity contribution is 7.18. The predicted molar refractivity (Wildman–Crippen MR) is 157 cm³/mol. The zero-order valence-electron chi connectivity index (χ0n) is 22.4. The highest BCUT2D eigenvalue weighted by atomic mass is 32.1. The van der Waals surface area contributed by atoms with Gasteiger partial charge in [-0.25, -0.2) is 13.8 Å². The minimum Gasteiger partial charge on any atom is -0.350 e. The van der Waals surface area contributed by atoms with E-state index in [9.17, 15) is 18.4 Å². The minimum absolute atomic E-state index is 0.131. The second-order valence-electron chi connectivity index (χ2n) is 10.2. The minimum atomic E-state index is -0.464. The molecule has 2 amide bonds. The molecule has 9 heteroatoms. The van der Waals surface area contributed by atoms with Crippen LogP contribution in [0.2, 0.25) is 0 Å². The van der Waals surface area contributed by atoms with Crippen LogP contribution in [0.25, 0.3) is 31.9 Å². The highest BCUT2D eigenvalue weighted by Crippen LogP contribution is 2.38. The number of amides is 2. The number of fused-ring (bicyclic) bond motifs is 1. The largest absolute Gasteiger partial charge is 0.350 e. The number of aromatic nitrogens is 2. The van der Waals surface area contributed by atoms with Crippen molar-refractivity contribution in [2.75, 3.05) is 13.1 Å². The molecule has 0 spiro atoms. The van der Waals surface area contributed by atoms with Crippen LogP contribution in [-0.2, 0) is 7.05 Å². The Morgan fingerprint density at radius 3 is 2.66 bits per heavy atom. The number of aryl methyl sites for hydroxylation is 1. The number of hydrogen-bond acceptors (Lipinski definition) is 4. The van der Waals surface area contributed by atoms with Crippen LogP contribution in [0.4, 0.5) is 8.78 Å². The molecule has 2 aromatic heterocycles. The average molecular weight is 571 g/mol. The Balaban J connectivity index is 1.30. The third-order valence-corrected chi connectivity index (χ3v) is 8.69. The van der Waals surface area contributed by atoms with Gasteiger partial charge in [0.2, 0.25) is 0 Å². The van der Waals surface area contributed by atoms with Crippen LogP contribution in [0.15, 0.2) is 79.0 Å². The molecule has 0 bridgehead atoms. The number of rotatable bonds is 6. The van der Waals surface area contributed by atoms with Crippen LogP contribution in [0.1, 0.15) is 40.1 Å². The van der Waals surface area contributed by atoms with Crippen LogP contribution in [-0.4, -0.2) is 45.4 Å². The van der Waals surface area contributed by atoms with Gasteiger partial charge in [-0.05, 0) is 43.5 Å². The molecular formula is C32H28F2N4O2S. The lowest BCUT2D eigenvalue weighted by Gasteiger charge is -2.35. The first-order valence-corrected chi connectivity index (χ1v) is 14.4. The maximum absolute atomic E-state index is 14.9. The van der Waals surface area contributed by atoms with Crippen molar-refractivity contribution in [3.8, 4) is 21.0 Å². The van der Waals surface area contributed by atoms with E-state index in [1.807, 2.05) is 42.1 Å². The fourth-order valence-corrected chi connectivity index (χ4v) is 6.56. The third-order valence-electron chi connectivity index (χ3n) is 7.55. The Kier molecular flexibility index (Phi) is 7.36. The van der Waals surface area contributed by atoms with Gasteiger partial charge in [0.25, 0.3) is 11.8 Å². The summed E-state index contributed by atoms with van der Waals surface area (Å²) in [4.78, 5) is 34.1. The lowest BCUT2D eigenvalue weighted by Crippen LogP contribution is -2.49. The van der Waals surface area contributed by atoms with Crippen molar-refractivity contribution in [3.63, 3.8) is 0 Å². The summed E-state index contributed by atoms with van der Waals surface area (Å²) in [6.45, 7) is 0.779. The molecule has 1 atom stereocenters. The van der Waals surface area contributed by atoms with Crippen molar-refractivity contribution in [3.05, 3.63) is 102 Å². The van der Waals surface area contributed by atoms with E-state index in [0.29, 0.717) is 27.6 Å². The van der Waals surface area contributed by atoms with Crippen molar-refractivity contribution >= 4 is 34.1 Å². The molecule has 5 aromatic rings. The lowest BCUT2D eigenvalue weighted by molar-refractivity contribution is 0.0598. The van der Waals surface area contributed by atoms with E-state index < -0.39 is 11.6 Å². The number of para-hydroxylation sites is 1. The van der Waals surface area contributed by atoms with E-state index in [-0.39, 0.29) is 35.7 Å². The van der Waals surface area contributed by atoms with Gasteiger partial charge in [0.15, 0.2) is 0 Å². The number of halogens is 2. The molecule has 0 saturated carbocycles. The normalized spacial score (nSPS) is 15.3. The molecule has 1 N–H and O–H groups in total. The van der Waals surface area contributed by atoms with Gasteiger partial charge in [-0.3, -0.25) is 9.59 Å². The van der Waals surface area contributed by atoms with Crippen molar-refractivity contribution in [1.82, 2.24) is 19.8 Å². The summed E-state index contributed by atoms with van der Waals surface area (Å²) in [5, 5.41) is 4.34. The monoisotopic (exact) mass is 570 g/mol. The first-order valence-electron chi connectivity index (χ1n) is 13.6. The van der Waals surface area contributed by atoms with Gasteiger partial charge < -0.3 is 14.8 Å². The van der Waals surface area contributed by atoms with E-state index in [0.717, 1.165) is 41.5 Å². The summed E-state index contributed by atoms with van der Waals surface area (Å²) in [5.41, 5.74) is 2.47. The topological polar surface area (TPSA) is 67.2 Å². The molecule has 1 aliphatic rings. The van der Waals surface area contributed by atoms with Crippen LogP contribution >= 0.6 is 11.3 Å². The van der Waals surface area contributed by atoms with Crippen molar-refractivity contribution < 1.29 is 18.4 Å². The number of thiazole rings is 1. The highest BCUT2D eigenvalue weighted by Gasteiger charge is 2.32. The Morgan fingerprint density at radius 2 is 1.83 bits per heavy atom. The molecule has 6 nitrogen and oxygen atoms in total. The van der Waals surface area contributed by atoms with Gasteiger partial charge in [0.1, 0.15) is 22.3 Å². The Hall–Kier alpha value is -4.37. The SMILES string of the molecule is Cn1cc(C(=O)NCC2CCCCN2C(=O)c2nc(-c3cccc(F)c3)sc2-c2ccccc2F)c2ccccc21. The quantitative estimate of drug-likeness (QED) is 0.248. The van der Waals surface area contributed by atoms with Crippen molar-refractivity contribution in [2.45, 2.75) is 25.3 Å². The number of carbonyl (C=O) groups is 2. The molecule has 3 heterocycles. The third kappa shape index (κ3) is 5.25. The molecule has 1 unspecified atom stereocenters. The van der Waals surface area contributed by atoms with Gasteiger partial charge in [-0.15, -0.1) is 11.3 Å². The molecule has 208 valence electrons. The number of likely N-dealkylation sites (tertiary alicyclic amines) is 1. The molecule has 3 aromatic carbocycles. The van der Waals surface area contributed by atoms with Gasteiger partial charge >= 0.3 is 0 Å². The number of nitrogens with zero attached hydrogens (tertiary/aromatic N) is 3. The number of benzene rings is 3. The van der Waals surface area contributed by atoms with Crippen LogP contribution in [0.3, 0.4) is 0 Å². The second kappa shape index (κ2) is 11.2. The first kappa shape index (κ1) is 26.8. The number of piperidine rings is 1. The maximum Gasteiger partial charge on any atom is 0.274 e. The van der Waals surface area contributed by atoms with E-state index in [1.54, 1.807) is 35.2 Å². The molecular weight excluding hydrogens is 542 g/mol. The molecule has 0 aliphatic carbocycles. The number of nitrogens with one attached hydrogen (secondary N) is 1. The van der Waals surface area contributed by atoms with Crippen molar-refractivity contribution in [2.24, 2.45) is 7.05 Å². The van der Waals surface area contributed by atoms with Crippen LogP contribution in [0.5, 0.6) is 0 Å². The standard InChI is InChI=1S/C32H28F2N4O2S/c1-37-19-25(23-12-3-5-15-27(23)37)30(39)35-18-22-11-6-7-16-38(22)32(40)28-29(24-13-2-4-14-26(24)34)41-31(36-28)20-9-8-10-21(33)17-20/h2-5,8-10,12-15,17,19,22H,6-7,11,16,18H2,1H3,(H,35,39). The zero-order chi connectivity index (χ0) is 28.5. The fourth-order valence-electron chi connectivity index (χ4n) is 5.48. The van der Waals surface area contributed by atoms with Gasteiger partial charge in [0.05, 0.1) is 10.4 Å². The van der Waals surface area contributed by atoms with Gasteiger partial charge in [-0.1, -0.05) is 48.5 Å². The Morgan fingerprint density at radius 1 is 1.02 bits per heavy atom. The first-order chi connectivity index (χ1) is 19.9. The average Bonchev–Trinajstić information content (AvgIpc) is 3.58. The van der Waals surface area contributed by atoms with E-state index in [2.05, 4.69) is 10.3 Å². The van der Waals surface area contributed by atoms with E-state index >= 15 is 0 Å². The van der Waals surface area contributed by atoms with Crippen LogP contribution in [0, 0.1) is 11.6 Å². The summed E-state index contributed by atoms with van der Waals surface area (Å²) < 4.78 is 30.9. The van der Waals surface area contributed by atoms with Crippen molar-refractivity contribution in [1.29, 1.82) is 0 Å². The predicted octanol–water partition coefficient (Wildman–Crippen LogP) is 6.67. The van der Waals surface area contributed by atoms with E-state index in [1.165, 1.54) is 18.2 Å².